The van der Waals surface area contributed by atoms with E-state index < -0.39 is 40.2 Å². The van der Waals surface area contributed by atoms with Crippen LogP contribution in [-0.2, 0) is 28.7 Å². The number of nitrogens with two attached hydrogens (primary N) is 1. The number of halogens is 1. The standard InChI is InChI=1S/C17H27NO2.C17H23NO2.C15H20O2.C15H16O2.C8H12O.C7H5BrO.2C4H8O.C2H6O.CH4.Al.Li.4H/c2*18-12-8-16(19)15-6-4-5-14(13-15)7-11-17(20)9-2-1-3-10-17;2*16-12-14-6-4-5-13(11-14)7-10-15(17)8-2-1-3-9-15;1-2-8(9)6-4-3-5-7-8;8-7-3-1-2-6(4-7)5-9;2*1-2-4-5-3-1;1-2-3;;;;;;;/h4-6,13,16,19-20H,1-3,7-12,18H2;4-6,13,16,19-20H,1-3,7-11H2;4-6,11-12,17H,1-3,7-10H2;4-6,11-12,17H,1-3,8-9H2;1,9H,3-7H2;1-5H;2*1-4H2;3H,2H2,1H3;1H4;;;;;;/q;;;;;;;;;;;+1;;;;-1. The molecule has 12 rings (SSSR count). The molecular formula is C90H133AlBrLiN2O13. The fraction of sp³-hybridized carbons (Fsp3) is 0.578. The molecule has 5 aliphatic carbocycles. The van der Waals surface area contributed by atoms with Gasteiger partial charge in [-0.2, -0.15) is 5.26 Å². The number of nitriles is 1. The summed E-state index contributed by atoms with van der Waals surface area (Å²) in [5.41, 5.74) is 10.5. The summed E-state index contributed by atoms with van der Waals surface area (Å²) in [6, 6.07) is 39.8. The second kappa shape index (κ2) is 58.7. The van der Waals surface area contributed by atoms with Crippen LogP contribution in [-0.4, -0.2) is 145 Å². The van der Waals surface area contributed by atoms with Gasteiger partial charge in [-0.1, -0.05) is 203 Å². The largest absolute Gasteiger partial charge is 1.00 e. The Bertz CT molecular complexity index is 3330. The van der Waals surface area contributed by atoms with Crippen molar-refractivity contribution in [2.45, 2.75) is 292 Å². The molecule has 10 N–H and O–H groups in total. The van der Waals surface area contributed by atoms with E-state index in [1.54, 1.807) is 37.3 Å². The van der Waals surface area contributed by atoms with Crippen molar-refractivity contribution in [2.75, 3.05) is 39.6 Å². The predicted molar refractivity (Wildman–Crippen MR) is 441 cm³/mol. The maximum absolute atomic E-state index is 10.7. The van der Waals surface area contributed by atoms with E-state index in [0.717, 1.165) is 250 Å². The summed E-state index contributed by atoms with van der Waals surface area (Å²) in [7, 11) is 0. The summed E-state index contributed by atoms with van der Waals surface area (Å²) >= 11 is 3.24. The number of nitrogens with zero attached hydrogens (tertiary/aromatic N) is 1. The van der Waals surface area contributed by atoms with Gasteiger partial charge in [-0.05, 0) is 232 Å². The molecule has 18 heteroatoms. The minimum absolute atomic E-state index is 0. The Balaban J connectivity index is 0.00000125. The molecule has 15 nitrogen and oxygen atoms in total. The van der Waals surface area contributed by atoms with Crippen molar-refractivity contribution in [3.05, 3.63) is 176 Å². The Hall–Kier alpha value is -5.11. The molecule has 0 amide bonds. The molecule has 0 radical (unpaired) electrons. The van der Waals surface area contributed by atoms with Crippen LogP contribution in [0.25, 0.3) is 0 Å². The van der Waals surface area contributed by atoms with Gasteiger partial charge in [0.15, 0.2) is 17.4 Å². The van der Waals surface area contributed by atoms with Gasteiger partial charge < -0.3 is 57.5 Å². The van der Waals surface area contributed by atoms with Crippen molar-refractivity contribution in [3.63, 3.8) is 0 Å². The van der Waals surface area contributed by atoms with Gasteiger partial charge in [0, 0.05) is 59.8 Å². The molecule has 5 aromatic carbocycles. The van der Waals surface area contributed by atoms with Crippen molar-refractivity contribution in [1.29, 1.82) is 5.26 Å². The van der Waals surface area contributed by atoms with Gasteiger partial charge in [-0.15, -0.1) is 6.42 Å². The third-order valence-corrected chi connectivity index (χ3v) is 20.7. The summed E-state index contributed by atoms with van der Waals surface area (Å²) < 4.78 is 10.8. The van der Waals surface area contributed by atoms with E-state index in [0.29, 0.717) is 24.1 Å². The first-order valence-corrected chi connectivity index (χ1v) is 39.8. The molecule has 2 heterocycles. The maximum atomic E-state index is 10.7. The monoisotopic (exact) mass is 1560 g/mol. The quantitative estimate of drug-likeness (QED) is 0.0238. The minimum Gasteiger partial charge on any atom is -1.00 e. The summed E-state index contributed by atoms with van der Waals surface area (Å²) in [5, 5.41) is 87.1. The number of carbonyl (C=O) groups is 3. The van der Waals surface area contributed by atoms with Gasteiger partial charge in [-0.25, -0.2) is 0 Å². The fourth-order valence-electron chi connectivity index (χ4n) is 13.8. The number of aliphatic hydroxyl groups excluding tert-OH is 3. The van der Waals surface area contributed by atoms with Gasteiger partial charge in [-0.3, -0.25) is 14.4 Å². The van der Waals surface area contributed by atoms with E-state index in [1.165, 1.54) is 63.4 Å². The van der Waals surface area contributed by atoms with Crippen LogP contribution in [0.4, 0.5) is 0 Å². The van der Waals surface area contributed by atoms with Crippen molar-refractivity contribution in [1.82, 2.24) is 0 Å². The Kier molecular flexibility index (Phi) is 54.9. The van der Waals surface area contributed by atoms with Crippen LogP contribution in [0.2, 0.25) is 0 Å². The first kappa shape index (κ1) is 101. The van der Waals surface area contributed by atoms with E-state index in [2.05, 4.69) is 39.8 Å². The second-order valence-corrected chi connectivity index (χ2v) is 30.0. The molecule has 0 aromatic heterocycles. The number of hydrogen-bond acceptors (Lipinski definition) is 15. The zero-order chi connectivity index (χ0) is 76.3. The SMILES string of the molecule is C.C#CC1(O)CCCCC1.C1CCOC1.C1CCOC1.CCO.N#CCC(O)c1cccc(CCC2(O)CCCCC2)c1.NCCC(O)c1cccc(CCC2(O)CCCCC2)c1.O=Cc1cccc(Br)c1.O=Cc1cccc(C#CC2(O)CCCCC2)c1.O=Cc1cccc(CCC2(O)CCCCC2)c1.[AlH3].[H-].[Li+]. The van der Waals surface area contributed by atoms with Crippen LogP contribution in [0.3, 0.4) is 0 Å². The topological polar surface area (TPSA) is 281 Å². The summed E-state index contributed by atoms with van der Waals surface area (Å²) in [6.45, 7) is 6.42. The predicted octanol–water partition coefficient (Wildman–Crippen LogP) is 13.4. The number of rotatable bonds is 17. The van der Waals surface area contributed by atoms with Gasteiger partial charge in [0.05, 0.1) is 41.5 Å². The van der Waals surface area contributed by atoms with Gasteiger partial charge >= 0.3 is 18.9 Å². The number of hydrogen-bond donors (Lipinski definition) is 9. The number of benzene rings is 5. The molecule has 2 unspecified atom stereocenters. The number of aldehydes is 3. The van der Waals surface area contributed by atoms with Crippen LogP contribution in [0.1, 0.15) is 311 Å². The van der Waals surface area contributed by atoms with Crippen LogP contribution >= 0.6 is 15.9 Å². The van der Waals surface area contributed by atoms with Crippen molar-refractivity contribution >= 4 is 52.1 Å². The van der Waals surface area contributed by atoms with Gasteiger partial charge in [0.2, 0.25) is 0 Å². The number of aryl methyl sites for hydroxylation is 3. The van der Waals surface area contributed by atoms with Crippen LogP contribution in [0, 0.1) is 35.5 Å². The summed E-state index contributed by atoms with van der Waals surface area (Å²) in [4.78, 5) is 31.4. The van der Waals surface area contributed by atoms with Crippen LogP contribution < -0.4 is 24.6 Å². The van der Waals surface area contributed by atoms with E-state index in [9.17, 15) is 50.1 Å². The number of ether oxygens (including phenoxy) is 2. The molecule has 2 aliphatic heterocycles. The Morgan fingerprint density at radius 3 is 1.19 bits per heavy atom. The fourth-order valence-corrected chi connectivity index (χ4v) is 14.2. The molecule has 5 aromatic rings. The maximum Gasteiger partial charge on any atom is 1.00 e. The minimum atomic E-state index is -0.824. The Morgan fingerprint density at radius 1 is 0.509 bits per heavy atom. The average Bonchev–Trinajstić information content (AvgIpc) is 1.63. The molecule has 5 saturated carbocycles. The third kappa shape index (κ3) is 43.6. The van der Waals surface area contributed by atoms with E-state index in [-0.39, 0.29) is 58.1 Å². The molecule has 2 saturated heterocycles. The number of carbonyl (C=O) groups excluding carboxylic acids is 3. The van der Waals surface area contributed by atoms with Gasteiger partial charge in [0.1, 0.15) is 30.1 Å². The Morgan fingerprint density at radius 2 is 0.852 bits per heavy atom. The second-order valence-electron chi connectivity index (χ2n) is 29.1. The first-order chi connectivity index (χ1) is 50.7. The zero-order valence-electron chi connectivity index (χ0n) is 64.9. The number of aliphatic hydroxyl groups is 8. The average molecular weight is 1560 g/mol. The number of terminal acetylenes is 1. The first-order valence-electron chi connectivity index (χ1n) is 39.0. The van der Waals surface area contributed by atoms with Crippen molar-refractivity contribution in [3.8, 4) is 30.3 Å². The van der Waals surface area contributed by atoms with Crippen LogP contribution in [0.15, 0.2) is 126 Å². The van der Waals surface area contributed by atoms with Gasteiger partial charge in [0.25, 0.3) is 0 Å². The van der Waals surface area contributed by atoms with Crippen LogP contribution in [0.5, 0.6) is 0 Å². The smallest absolute Gasteiger partial charge is 1.00 e. The third-order valence-electron chi connectivity index (χ3n) is 20.2. The molecule has 0 bridgehead atoms. The normalized spacial score (nSPS) is 18.2. The summed E-state index contributed by atoms with van der Waals surface area (Å²) in [6.07, 6.45) is 43.1. The zero-order valence-corrected chi connectivity index (χ0v) is 65.5. The van der Waals surface area contributed by atoms with Crippen molar-refractivity contribution < 1.29 is 85.0 Å². The van der Waals surface area contributed by atoms with E-state index >= 15 is 0 Å². The van der Waals surface area contributed by atoms with E-state index in [1.807, 2.05) is 91.0 Å². The molecule has 592 valence electrons. The summed E-state index contributed by atoms with van der Waals surface area (Å²) in [5.74, 6) is 8.36. The molecule has 108 heavy (non-hydrogen) atoms. The van der Waals surface area contributed by atoms with Crippen molar-refractivity contribution in [2.24, 2.45) is 5.73 Å². The molecule has 7 fully saturated rings. The molecule has 0 spiro atoms. The Labute approximate surface area is 681 Å². The molecule has 2 atom stereocenters. The van der Waals surface area contributed by atoms with E-state index in [4.69, 9.17) is 32.0 Å². The molecular weight excluding hydrogens is 1430 g/mol. The molecule has 7 aliphatic rings.